The summed E-state index contributed by atoms with van der Waals surface area (Å²) in [7, 11) is 0. The van der Waals surface area contributed by atoms with Crippen LogP contribution in [0.3, 0.4) is 0 Å². The van der Waals surface area contributed by atoms with Gasteiger partial charge in [-0.2, -0.15) is 0 Å². The third-order valence-electron chi connectivity index (χ3n) is 1.65. The van der Waals surface area contributed by atoms with Crippen LogP contribution >= 0.6 is 0 Å². The molecule has 0 heterocycles. The molecule has 0 fully saturated rings. The van der Waals surface area contributed by atoms with Crippen molar-refractivity contribution in [1.82, 2.24) is 0 Å². The fraction of sp³-hybridized carbons (Fsp3) is 0.889. The van der Waals surface area contributed by atoms with Crippen molar-refractivity contribution in [3.05, 3.63) is 0 Å². The maximum absolute atomic E-state index is 6.74. The summed E-state index contributed by atoms with van der Waals surface area (Å²) < 4.78 is 5.20. The Balaban J connectivity index is 3.08. The summed E-state index contributed by atoms with van der Waals surface area (Å²) in [5.74, 6) is 0.648. The zero-order valence-corrected chi connectivity index (χ0v) is 7.60. The Kier molecular flexibility index (Phi) is 7.47. The van der Waals surface area contributed by atoms with Crippen LogP contribution in [0.1, 0.15) is 33.1 Å². The smallest absolute Gasteiger partial charge is 0.0811 e. The van der Waals surface area contributed by atoms with E-state index in [0.717, 1.165) is 6.61 Å². The zero-order valence-electron chi connectivity index (χ0n) is 7.60. The van der Waals surface area contributed by atoms with Crippen LogP contribution in [0.4, 0.5) is 0 Å². The van der Waals surface area contributed by atoms with Crippen molar-refractivity contribution in [2.45, 2.75) is 33.1 Å². The Morgan fingerprint density at radius 1 is 1.55 bits per heavy atom. The Morgan fingerprint density at radius 3 is 2.82 bits per heavy atom. The quantitative estimate of drug-likeness (QED) is 0.447. The van der Waals surface area contributed by atoms with Crippen molar-refractivity contribution in [2.24, 2.45) is 5.92 Å². The van der Waals surface area contributed by atoms with Gasteiger partial charge in [0.15, 0.2) is 0 Å². The first-order valence-corrected chi connectivity index (χ1v) is 4.38. The maximum Gasteiger partial charge on any atom is 0.0811 e. The standard InChI is InChI=1S/C9H19NO/c1-3-4-5-9(2)8-11-7-6-10/h6,9-10H,3-5,7-8H2,1-2H3. The molecule has 0 radical (unpaired) electrons. The van der Waals surface area contributed by atoms with Crippen LogP contribution in [-0.2, 0) is 4.74 Å². The summed E-state index contributed by atoms with van der Waals surface area (Å²) in [6.07, 6.45) is 5.09. The predicted molar refractivity (Wildman–Crippen MR) is 48.3 cm³/mol. The van der Waals surface area contributed by atoms with Gasteiger partial charge in [0.1, 0.15) is 0 Å². The fourth-order valence-electron chi connectivity index (χ4n) is 0.964. The summed E-state index contributed by atoms with van der Waals surface area (Å²) in [5, 5.41) is 6.74. The van der Waals surface area contributed by atoms with Gasteiger partial charge in [-0.15, -0.1) is 0 Å². The van der Waals surface area contributed by atoms with Crippen LogP contribution in [0.2, 0.25) is 0 Å². The van der Waals surface area contributed by atoms with Gasteiger partial charge in [-0.3, -0.25) is 0 Å². The van der Waals surface area contributed by atoms with Crippen LogP contribution in [0.15, 0.2) is 0 Å². The number of hydrogen-bond acceptors (Lipinski definition) is 2. The topological polar surface area (TPSA) is 33.1 Å². The maximum atomic E-state index is 6.74. The molecule has 0 rings (SSSR count). The van der Waals surface area contributed by atoms with Crippen molar-refractivity contribution >= 4 is 6.21 Å². The molecule has 0 aliphatic heterocycles. The van der Waals surface area contributed by atoms with Gasteiger partial charge in [0.2, 0.25) is 0 Å². The van der Waals surface area contributed by atoms with Crippen LogP contribution in [0.25, 0.3) is 0 Å². The number of rotatable bonds is 7. The molecule has 0 aromatic carbocycles. The molecular formula is C9H19NO. The highest BCUT2D eigenvalue weighted by Crippen LogP contribution is 2.07. The lowest BCUT2D eigenvalue weighted by Gasteiger charge is -2.09. The minimum atomic E-state index is 0.469. The lowest BCUT2D eigenvalue weighted by atomic mass is 10.1. The Hall–Kier alpha value is -0.370. The van der Waals surface area contributed by atoms with Gasteiger partial charge in [-0.25, -0.2) is 0 Å². The first-order chi connectivity index (χ1) is 5.31. The van der Waals surface area contributed by atoms with E-state index in [4.69, 9.17) is 10.1 Å². The molecule has 0 saturated carbocycles. The number of hydrogen-bond donors (Lipinski definition) is 1. The van der Waals surface area contributed by atoms with Gasteiger partial charge in [-0.1, -0.05) is 26.7 Å². The van der Waals surface area contributed by atoms with E-state index >= 15 is 0 Å². The third kappa shape index (κ3) is 7.53. The van der Waals surface area contributed by atoms with E-state index in [0.29, 0.717) is 12.5 Å². The Morgan fingerprint density at radius 2 is 2.27 bits per heavy atom. The van der Waals surface area contributed by atoms with E-state index < -0.39 is 0 Å². The van der Waals surface area contributed by atoms with E-state index in [-0.39, 0.29) is 0 Å². The van der Waals surface area contributed by atoms with E-state index in [1.54, 1.807) is 0 Å². The molecule has 0 bridgehead atoms. The van der Waals surface area contributed by atoms with Gasteiger partial charge < -0.3 is 10.1 Å². The predicted octanol–water partition coefficient (Wildman–Crippen LogP) is 2.48. The zero-order chi connectivity index (χ0) is 8.53. The molecule has 1 atom stereocenters. The summed E-state index contributed by atoms with van der Waals surface area (Å²) in [6.45, 7) is 5.66. The average molecular weight is 157 g/mol. The van der Waals surface area contributed by atoms with E-state index in [1.165, 1.54) is 25.5 Å². The molecule has 2 nitrogen and oxygen atoms in total. The molecule has 0 spiro atoms. The SMILES string of the molecule is CCCCC(C)COCC=N. The Bertz CT molecular complexity index is 93.6. The van der Waals surface area contributed by atoms with Crippen LogP contribution in [-0.4, -0.2) is 19.4 Å². The lowest BCUT2D eigenvalue weighted by molar-refractivity contribution is 0.134. The van der Waals surface area contributed by atoms with E-state index in [1.807, 2.05) is 0 Å². The molecule has 0 aliphatic rings. The van der Waals surface area contributed by atoms with Crippen LogP contribution < -0.4 is 0 Å². The van der Waals surface area contributed by atoms with Crippen molar-refractivity contribution in [2.75, 3.05) is 13.2 Å². The summed E-state index contributed by atoms with van der Waals surface area (Å²) in [5.41, 5.74) is 0. The number of unbranched alkanes of at least 4 members (excludes halogenated alkanes) is 1. The molecule has 0 aliphatic carbocycles. The molecule has 1 N–H and O–H groups in total. The normalized spacial score (nSPS) is 12.9. The summed E-state index contributed by atoms with van der Waals surface area (Å²) in [4.78, 5) is 0. The highest BCUT2D eigenvalue weighted by molar-refractivity contribution is 5.53. The van der Waals surface area contributed by atoms with Gasteiger partial charge in [0.25, 0.3) is 0 Å². The molecular weight excluding hydrogens is 138 g/mol. The first-order valence-electron chi connectivity index (χ1n) is 4.38. The summed E-state index contributed by atoms with van der Waals surface area (Å²) >= 11 is 0. The fourth-order valence-corrected chi connectivity index (χ4v) is 0.964. The van der Waals surface area contributed by atoms with Crippen molar-refractivity contribution in [3.8, 4) is 0 Å². The van der Waals surface area contributed by atoms with Crippen molar-refractivity contribution < 1.29 is 4.74 Å². The number of ether oxygens (including phenoxy) is 1. The molecule has 66 valence electrons. The molecule has 11 heavy (non-hydrogen) atoms. The van der Waals surface area contributed by atoms with E-state index in [2.05, 4.69) is 13.8 Å². The Labute approximate surface area is 69.5 Å². The minimum absolute atomic E-state index is 0.469. The first kappa shape index (κ1) is 10.6. The second kappa shape index (κ2) is 7.73. The van der Waals surface area contributed by atoms with Crippen molar-refractivity contribution in [3.63, 3.8) is 0 Å². The van der Waals surface area contributed by atoms with E-state index in [9.17, 15) is 0 Å². The number of nitrogens with one attached hydrogen (secondary N) is 1. The van der Waals surface area contributed by atoms with Gasteiger partial charge >= 0.3 is 0 Å². The molecule has 0 aromatic heterocycles. The molecule has 2 heteroatoms. The van der Waals surface area contributed by atoms with Gasteiger partial charge in [0, 0.05) is 12.8 Å². The third-order valence-corrected chi connectivity index (χ3v) is 1.65. The highest BCUT2D eigenvalue weighted by Gasteiger charge is 1.99. The molecule has 1 unspecified atom stereocenters. The monoisotopic (exact) mass is 157 g/mol. The van der Waals surface area contributed by atoms with Gasteiger partial charge in [0.05, 0.1) is 6.61 Å². The molecule has 0 saturated heterocycles. The van der Waals surface area contributed by atoms with Crippen molar-refractivity contribution in [1.29, 1.82) is 5.41 Å². The highest BCUT2D eigenvalue weighted by atomic mass is 16.5. The minimum Gasteiger partial charge on any atom is -0.376 e. The van der Waals surface area contributed by atoms with Crippen LogP contribution in [0, 0.1) is 11.3 Å². The second-order valence-electron chi connectivity index (χ2n) is 2.99. The van der Waals surface area contributed by atoms with Crippen LogP contribution in [0.5, 0.6) is 0 Å². The largest absolute Gasteiger partial charge is 0.376 e. The lowest BCUT2D eigenvalue weighted by Crippen LogP contribution is -2.06. The average Bonchev–Trinajstić information content (AvgIpc) is 2.01. The summed E-state index contributed by atoms with van der Waals surface area (Å²) in [6, 6.07) is 0. The van der Waals surface area contributed by atoms with Gasteiger partial charge in [-0.05, 0) is 12.3 Å². The second-order valence-corrected chi connectivity index (χ2v) is 2.99. The molecule has 0 aromatic rings. The molecule has 0 amide bonds.